The molecule has 2 aromatic carbocycles. The van der Waals surface area contributed by atoms with Crippen LogP contribution in [-0.2, 0) is 23.2 Å². The van der Waals surface area contributed by atoms with Gasteiger partial charge in [0.25, 0.3) is 0 Å². The number of benzene rings is 2. The number of nitrogens with one attached hydrogen (secondary N) is 2. The Kier molecular flexibility index (Phi) is 7.42. The fourth-order valence-electron chi connectivity index (χ4n) is 4.66. The Hall–Kier alpha value is -0.937. The summed E-state index contributed by atoms with van der Waals surface area (Å²) in [5.41, 5.74) is 6.06. The van der Waals surface area contributed by atoms with Crippen LogP contribution in [0.5, 0.6) is 0 Å². The summed E-state index contributed by atoms with van der Waals surface area (Å²) in [4.78, 5) is 0. The topological polar surface area (TPSA) is 24.1 Å². The maximum atomic E-state index is 3.66. The van der Waals surface area contributed by atoms with Gasteiger partial charge in [0, 0.05) is 0 Å². The summed E-state index contributed by atoms with van der Waals surface area (Å²) >= 11 is -0.841. The van der Waals surface area contributed by atoms with Gasteiger partial charge in [0.2, 0.25) is 0 Å². The maximum absolute atomic E-state index is 3.66. The van der Waals surface area contributed by atoms with Crippen molar-refractivity contribution in [2.24, 2.45) is 0 Å². The van der Waals surface area contributed by atoms with E-state index in [2.05, 4.69) is 107 Å². The largest absolute Gasteiger partial charge is 1.00 e. The van der Waals surface area contributed by atoms with Crippen molar-refractivity contribution in [2.45, 2.75) is 7.25 Å². The molecule has 0 bridgehead atoms. The average molecular weight is 563 g/mol. The summed E-state index contributed by atoms with van der Waals surface area (Å²) in [6.07, 6.45) is 13.7. The van der Waals surface area contributed by atoms with E-state index >= 15 is 0 Å². The number of halogens is 2. The van der Waals surface area contributed by atoms with Crippen molar-refractivity contribution in [1.29, 1.82) is 0 Å². The molecule has 7 heteroatoms. The van der Waals surface area contributed by atoms with Crippen LogP contribution in [0.3, 0.4) is 0 Å². The van der Waals surface area contributed by atoms with Crippen LogP contribution in [0.25, 0.3) is 12.2 Å². The second-order valence-corrected chi connectivity index (χ2v) is 15.4. The van der Waals surface area contributed by atoms with Crippen molar-refractivity contribution in [1.82, 2.24) is 10.2 Å². The van der Waals surface area contributed by atoms with E-state index in [0.29, 0.717) is 7.25 Å². The van der Waals surface area contributed by atoms with Crippen LogP contribution in [0, 0.1) is 0 Å². The molecule has 0 spiro atoms. The van der Waals surface area contributed by atoms with Crippen LogP contribution in [0.4, 0.5) is 0 Å². The number of allylic oxidation sites excluding steroid dienone is 4. The molecule has 4 atom stereocenters. The second-order valence-electron chi connectivity index (χ2n) is 7.66. The van der Waals surface area contributed by atoms with Crippen LogP contribution >= 0.6 is 15.4 Å². The molecule has 2 aromatic rings. The van der Waals surface area contributed by atoms with Crippen LogP contribution in [0.1, 0.15) is 29.5 Å². The summed E-state index contributed by atoms with van der Waals surface area (Å²) < 4.78 is 1.31. The first kappa shape index (κ1) is 23.2. The summed E-state index contributed by atoms with van der Waals surface area (Å²) in [5.74, 6) is 4.83. The number of rotatable bonds is 4. The van der Waals surface area contributed by atoms with Crippen molar-refractivity contribution in [2.75, 3.05) is 0 Å². The molecule has 2 heterocycles. The first-order valence-electron chi connectivity index (χ1n) is 10.0. The number of hydrogen-bond donors (Lipinski definition) is 2. The Morgan fingerprint density at radius 3 is 1.52 bits per heavy atom. The quantitative estimate of drug-likeness (QED) is 0.486. The summed E-state index contributed by atoms with van der Waals surface area (Å²) in [5, 5.41) is 10.7. The summed E-state index contributed by atoms with van der Waals surface area (Å²) in [6.45, 7) is 0. The van der Waals surface area contributed by atoms with Crippen LogP contribution < -0.4 is 35.0 Å². The molecule has 2 nitrogen and oxygen atoms in total. The zero-order chi connectivity index (χ0) is 19.2. The van der Waals surface area contributed by atoms with Gasteiger partial charge < -0.3 is 24.8 Å². The van der Waals surface area contributed by atoms with E-state index in [1.54, 1.807) is 21.8 Å². The molecule has 0 amide bonds. The molecule has 4 aliphatic rings. The fourth-order valence-corrected chi connectivity index (χ4v) is 15.8. The zero-order valence-electron chi connectivity index (χ0n) is 16.6. The average Bonchev–Trinajstić information content (AvgIpc) is 3.55. The van der Waals surface area contributed by atoms with E-state index in [1.807, 2.05) is 0 Å². The Morgan fingerprint density at radius 2 is 1.10 bits per heavy atom. The van der Waals surface area contributed by atoms with Gasteiger partial charge in [0.1, 0.15) is 0 Å². The predicted molar refractivity (Wildman–Crippen MR) is 128 cm³/mol. The standard InChI is InChI=1S/2C12H11NP.2ClH.Zr/c2*1-2-5-11-9-12(8-10(11)4-1)14-7-3-6-13-14;;;/h2*1-9,13-14H;2*1H;/q;;;;+2/p-2. The Morgan fingerprint density at radius 1 is 0.645 bits per heavy atom. The van der Waals surface area contributed by atoms with E-state index in [1.165, 1.54) is 11.1 Å². The Bertz CT molecular complexity index is 1120. The monoisotopic (exact) mass is 560 g/mol. The molecule has 6 rings (SSSR count). The summed E-state index contributed by atoms with van der Waals surface area (Å²) in [7, 11) is -1.57. The van der Waals surface area contributed by atoms with Gasteiger partial charge in [-0.15, -0.1) is 0 Å². The van der Waals surface area contributed by atoms with Gasteiger partial charge in [0.15, 0.2) is 0 Å². The van der Waals surface area contributed by atoms with Crippen LogP contribution in [-0.4, -0.2) is 11.6 Å². The van der Waals surface area contributed by atoms with Gasteiger partial charge in [-0.05, 0) is 0 Å². The van der Waals surface area contributed by atoms with E-state index in [4.69, 9.17) is 0 Å². The molecule has 156 valence electrons. The minimum Gasteiger partial charge on any atom is -1.00 e. The molecule has 4 unspecified atom stereocenters. The SMILES string of the molecule is C1=CN[PH](C2=Cc3ccccc3[CH]2[Zr+2][CH]2C([PH]3=CC=CN3)=Cc3ccccc32)=C1.[Cl-].[Cl-]. The molecule has 0 fully saturated rings. The normalized spacial score (nSPS) is 25.9. The zero-order valence-corrected chi connectivity index (χ0v) is 22.6. The van der Waals surface area contributed by atoms with E-state index in [-0.39, 0.29) is 24.8 Å². The predicted octanol–water partition coefficient (Wildman–Crippen LogP) is -0.635. The number of hydrogen-bond acceptors (Lipinski definition) is 2. The Balaban J connectivity index is 0.00000116. The van der Waals surface area contributed by atoms with E-state index in [9.17, 15) is 0 Å². The molecule has 0 saturated carbocycles. The second kappa shape index (κ2) is 9.91. The third-order valence-corrected chi connectivity index (χ3v) is 16.2. The maximum Gasteiger partial charge on any atom is -1.00 e. The first-order valence-corrected chi connectivity index (χ1v) is 16.0. The van der Waals surface area contributed by atoms with Crippen LogP contribution in [0.2, 0.25) is 0 Å². The van der Waals surface area contributed by atoms with Gasteiger partial charge >= 0.3 is 186 Å². The van der Waals surface area contributed by atoms with Crippen molar-refractivity contribution in [3.05, 3.63) is 106 Å². The van der Waals surface area contributed by atoms with Crippen molar-refractivity contribution >= 4 is 39.1 Å². The molecule has 0 radical (unpaired) electrons. The van der Waals surface area contributed by atoms with Crippen molar-refractivity contribution in [3.63, 3.8) is 0 Å². The third-order valence-electron chi connectivity index (χ3n) is 6.01. The van der Waals surface area contributed by atoms with Gasteiger partial charge in [0.05, 0.1) is 0 Å². The molecular formula is C24H22Cl2N2P2Zr. The van der Waals surface area contributed by atoms with Gasteiger partial charge in [-0.2, -0.15) is 0 Å². The minimum atomic E-state index is -0.841. The Labute approximate surface area is 209 Å². The third kappa shape index (κ3) is 4.22. The first-order chi connectivity index (χ1) is 14.4. The van der Waals surface area contributed by atoms with Gasteiger partial charge in [-0.1, -0.05) is 0 Å². The van der Waals surface area contributed by atoms with Gasteiger partial charge in [-0.3, -0.25) is 0 Å². The fraction of sp³-hybridized carbons (Fsp3) is 0.0833. The molecule has 0 saturated heterocycles. The molecular weight excluding hydrogens is 540 g/mol. The molecule has 2 aliphatic carbocycles. The molecule has 0 aromatic heterocycles. The molecule has 31 heavy (non-hydrogen) atoms. The van der Waals surface area contributed by atoms with Crippen LogP contribution in [0.15, 0.2) is 83.7 Å². The number of fused-ring (bicyclic) bond motifs is 2. The molecule has 2 N–H and O–H groups in total. The minimum absolute atomic E-state index is 0. The van der Waals surface area contributed by atoms with Gasteiger partial charge in [-0.25, -0.2) is 0 Å². The smallest absolute Gasteiger partial charge is 1.00 e. The molecule has 2 aliphatic heterocycles. The van der Waals surface area contributed by atoms with Crippen molar-refractivity contribution < 1.29 is 48.0 Å². The van der Waals surface area contributed by atoms with E-state index in [0.717, 1.165) is 0 Å². The van der Waals surface area contributed by atoms with E-state index < -0.39 is 38.6 Å². The summed E-state index contributed by atoms with van der Waals surface area (Å²) in [6, 6.07) is 18.2. The van der Waals surface area contributed by atoms with Crippen molar-refractivity contribution in [3.8, 4) is 0 Å².